The summed E-state index contributed by atoms with van der Waals surface area (Å²) < 4.78 is 66.7. The van der Waals surface area contributed by atoms with Crippen LogP contribution in [-0.2, 0) is 20.3 Å². The second-order valence-electron chi connectivity index (χ2n) is 9.66. The summed E-state index contributed by atoms with van der Waals surface area (Å²) in [6.45, 7) is 6.30. The molecule has 3 rings (SSSR count). The zero-order chi connectivity index (χ0) is 28.6. The summed E-state index contributed by atoms with van der Waals surface area (Å²) >= 11 is 1.32. The molecule has 2 aromatic rings. The zero-order valence-corrected chi connectivity index (χ0v) is 24.5. The number of hydrogen-bond donors (Lipinski definition) is 0. The highest BCUT2D eigenvalue weighted by atomic mass is 32.2. The van der Waals surface area contributed by atoms with Crippen molar-refractivity contribution >= 4 is 39.9 Å². The standard InChI is InChI=1S/C29H36F3NO4S2/c1-5-8-12-29(13-9-6-2)18-33(20-10-11-21(30)22(31)14-20)24-15-26(38-4)25(16-27(24)39(35)19-29)37-17-23(32)28(34)36-7-3/h10-11,14-17H,5-9,12-13,18-19H2,1-4H3/b23-17-. The molecule has 0 aromatic heterocycles. The highest BCUT2D eigenvalue weighted by Gasteiger charge is 2.39. The van der Waals surface area contributed by atoms with E-state index in [4.69, 9.17) is 4.74 Å². The third kappa shape index (κ3) is 7.60. The maximum absolute atomic E-state index is 14.4. The number of anilines is 2. The molecule has 1 heterocycles. The maximum Gasteiger partial charge on any atom is 0.370 e. The van der Waals surface area contributed by atoms with Crippen LogP contribution in [0.3, 0.4) is 0 Å². The number of benzene rings is 2. The first-order valence-corrected chi connectivity index (χ1v) is 15.7. The van der Waals surface area contributed by atoms with Gasteiger partial charge in [0.2, 0.25) is 5.83 Å². The monoisotopic (exact) mass is 583 g/mol. The minimum Gasteiger partial charge on any atom is -0.461 e. The van der Waals surface area contributed by atoms with E-state index in [9.17, 15) is 22.2 Å². The Balaban J connectivity index is 2.17. The Morgan fingerprint density at radius 1 is 1.10 bits per heavy atom. The molecule has 0 N–H and O–H groups in total. The van der Waals surface area contributed by atoms with Crippen LogP contribution in [0.1, 0.15) is 59.3 Å². The molecule has 0 fully saturated rings. The van der Waals surface area contributed by atoms with E-state index >= 15 is 0 Å². The fourth-order valence-electron chi connectivity index (χ4n) is 4.78. The van der Waals surface area contributed by atoms with E-state index in [1.54, 1.807) is 19.1 Å². The normalized spacial score (nSPS) is 16.9. The molecule has 39 heavy (non-hydrogen) atoms. The summed E-state index contributed by atoms with van der Waals surface area (Å²) in [5.41, 5.74) is 0.734. The predicted octanol–water partition coefficient (Wildman–Crippen LogP) is 8.07. The van der Waals surface area contributed by atoms with Gasteiger partial charge in [0.05, 0.1) is 32.9 Å². The van der Waals surface area contributed by atoms with Crippen LogP contribution in [0.5, 0.6) is 5.75 Å². The third-order valence-electron chi connectivity index (χ3n) is 6.81. The van der Waals surface area contributed by atoms with Crippen LogP contribution in [-0.4, -0.2) is 35.3 Å². The molecule has 214 valence electrons. The molecule has 0 saturated heterocycles. The summed E-state index contributed by atoms with van der Waals surface area (Å²) in [4.78, 5) is 14.7. The minimum atomic E-state index is -1.46. The number of halogens is 3. The Morgan fingerprint density at radius 3 is 2.38 bits per heavy atom. The number of hydrogen-bond acceptors (Lipinski definition) is 6. The molecule has 0 radical (unpaired) electrons. The lowest BCUT2D eigenvalue weighted by Gasteiger charge is -2.37. The topological polar surface area (TPSA) is 55.8 Å². The molecular formula is C29H36F3NO4S2. The molecule has 1 atom stereocenters. The van der Waals surface area contributed by atoms with Crippen molar-refractivity contribution in [1.29, 1.82) is 0 Å². The average molecular weight is 584 g/mol. The van der Waals surface area contributed by atoms with Gasteiger partial charge in [-0.05, 0) is 44.2 Å². The van der Waals surface area contributed by atoms with Crippen molar-refractivity contribution in [2.75, 3.05) is 30.1 Å². The van der Waals surface area contributed by atoms with Crippen LogP contribution >= 0.6 is 11.8 Å². The Hall–Kier alpha value is -2.46. The van der Waals surface area contributed by atoms with Gasteiger partial charge in [0, 0.05) is 35.5 Å². The van der Waals surface area contributed by atoms with Gasteiger partial charge in [-0.3, -0.25) is 4.21 Å². The van der Waals surface area contributed by atoms with Crippen molar-refractivity contribution in [3.05, 3.63) is 54.1 Å². The van der Waals surface area contributed by atoms with Gasteiger partial charge in [0.15, 0.2) is 11.6 Å². The van der Waals surface area contributed by atoms with E-state index in [0.29, 0.717) is 39.7 Å². The first-order chi connectivity index (χ1) is 18.7. The van der Waals surface area contributed by atoms with Crippen LogP contribution in [0.2, 0.25) is 0 Å². The Morgan fingerprint density at radius 2 is 1.79 bits per heavy atom. The summed E-state index contributed by atoms with van der Waals surface area (Å²) in [5, 5.41) is 0. The van der Waals surface area contributed by atoms with Gasteiger partial charge in [-0.25, -0.2) is 13.6 Å². The SMILES string of the molecule is CCCCC1(CCCC)CN(c2ccc(F)c(F)c2)c2cc(SC)c(O/C=C(\F)C(=O)OCC)cc2S(=O)C1. The van der Waals surface area contributed by atoms with Crippen LogP contribution < -0.4 is 9.64 Å². The van der Waals surface area contributed by atoms with Gasteiger partial charge in [0.25, 0.3) is 0 Å². The number of carbonyl (C=O) groups excluding carboxylic acids is 1. The van der Waals surface area contributed by atoms with Crippen LogP contribution in [0.15, 0.2) is 52.2 Å². The lowest BCUT2D eigenvalue weighted by atomic mass is 9.79. The molecule has 0 amide bonds. The number of fused-ring (bicyclic) bond motifs is 1. The molecule has 0 spiro atoms. The Kier molecular flexibility index (Phi) is 11.4. The molecule has 5 nitrogen and oxygen atoms in total. The van der Waals surface area contributed by atoms with Crippen LogP contribution in [0, 0.1) is 17.0 Å². The fraction of sp³-hybridized carbons (Fsp3) is 0.483. The van der Waals surface area contributed by atoms with E-state index in [1.165, 1.54) is 23.9 Å². The Bertz CT molecular complexity index is 1210. The van der Waals surface area contributed by atoms with Crippen LogP contribution in [0.4, 0.5) is 24.5 Å². The van der Waals surface area contributed by atoms with Crippen molar-refractivity contribution in [2.45, 2.75) is 69.1 Å². The van der Waals surface area contributed by atoms with E-state index in [2.05, 4.69) is 18.6 Å². The molecule has 0 bridgehead atoms. The smallest absolute Gasteiger partial charge is 0.370 e. The second-order valence-corrected chi connectivity index (χ2v) is 11.9. The molecule has 1 unspecified atom stereocenters. The van der Waals surface area contributed by atoms with E-state index in [1.807, 2.05) is 11.2 Å². The fourth-order valence-corrected chi connectivity index (χ4v) is 7.05. The molecule has 2 aromatic carbocycles. The largest absolute Gasteiger partial charge is 0.461 e. The second kappa shape index (κ2) is 14.3. The van der Waals surface area contributed by atoms with Gasteiger partial charge < -0.3 is 14.4 Å². The number of rotatable bonds is 12. The van der Waals surface area contributed by atoms with Gasteiger partial charge in [0.1, 0.15) is 12.0 Å². The first-order valence-electron chi connectivity index (χ1n) is 13.2. The van der Waals surface area contributed by atoms with Crippen molar-refractivity contribution in [3.63, 3.8) is 0 Å². The molecule has 10 heteroatoms. The van der Waals surface area contributed by atoms with E-state index < -0.39 is 34.2 Å². The number of ether oxygens (including phenoxy) is 2. The number of thioether (sulfide) groups is 1. The van der Waals surface area contributed by atoms with Crippen molar-refractivity contribution in [3.8, 4) is 5.75 Å². The summed E-state index contributed by atoms with van der Waals surface area (Å²) in [5.74, 6) is -3.61. The maximum atomic E-state index is 14.4. The third-order valence-corrected chi connectivity index (χ3v) is 9.26. The number of esters is 1. The highest BCUT2D eigenvalue weighted by molar-refractivity contribution is 7.98. The van der Waals surface area contributed by atoms with Crippen molar-refractivity contribution < 1.29 is 31.6 Å². The Labute approximate surface area is 235 Å². The molecule has 0 saturated carbocycles. The van der Waals surface area contributed by atoms with Gasteiger partial charge in [-0.15, -0.1) is 11.8 Å². The molecule has 0 aliphatic carbocycles. The summed E-state index contributed by atoms with van der Waals surface area (Å²) in [6.07, 6.45) is 8.03. The van der Waals surface area contributed by atoms with E-state index in [0.717, 1.165) is 44.6 Å². The summed E-state index contributed by atoms with van der Waals surface area (Å²) in [7, 11) is -1.46. The molecule has 1 aliphatic heterocycles. The number of carbonyl (C=O) groups is 1. The van der Waals surface area contributed by atoms with Crippen LogP contribution in [0.25, 0.3) is 0 Å². The lowest BCUT2D eigenvalue weighted by Crippen LogP contribution is -2.37. The molecular weight excluding hydrogens is 547 g/mol. The van der Waals surface area contributed by atoms with Gasteiger partial charge >= 0.3 is 5.97 Å². The zero-order valence-electron chi connectivity index (χ0n) is 22.9. The van der Waals surface area contributed by atoms with E-state index in [-0.39, 0.29) is 17.8 Å². The predicted molar refractivity (Wildman–Crippen MR) is 151 cm³/mol. The number of unbranched alkanes of at least 4 members (excludes halogenated alkanes) is 2. The first kappa shape index (κ1) is 31.1. The summed E-state index contributed by atoms with van der Waals surface area (Å²) in [6, 6.07) is 7.16. The number of nitrogens with zero attached hydrogens (tertiary/aromatic N) is 1. The van der Waals surface area contributed by atoms with Gasteiger partial charge in [-0.1, -0.05) is 39.5 Å². The highest BCUT2D eigenvalue weighted by Crippen LogP contribution is 2.47. The van der Waals surface area contributed by atoms with Crippen molar-refractivity contribution in [1.82, 2.24) is 0 Å². The lowest BCUT2D eigenvalue weighted by molar-refractivity contribution is -0.140. The van der Waals surface area contributed by atoms with Crippen molar-refractivity contribution in [2.24, 2.45) is 5.41 Å². The quantitative estimate of drug-likeness (QED) is 0.109. The molecule has 1 aliphatic rings. The average Bonchev–Trinajstić information content (AvgIpc) is 3.04. The van der Waals surface area contributed by atoms with Gasteiger partial charge in [-0.2, -0.15) is 4.39 Å². The minimum absolute atomic E-state index is 0.0195.